The van der Waals surface area contributed by atoms with Gasteiger partial charge in [-0.25, -0.2) is 4.98 Å². The molecule has 39 heavy (non-hydrogen) atoms. The zero-order chi connectivity index (χ0) is 27.7. The molecule has 210 valence electrons. The van der Waals surface area contributed by atoms with Gasteiger partial charge in [-0.1, -0.05) is 24.8 Å². The summed E-state index contributed by atoms with van der Waals surface area (Å²) in [6, 6.07) is 6.27. The van der Waals surface area contributed by atoms with Crippen LogP contribution in [0.15, 0.2) is 24.4 Å². The summed E-state index contributed by atoms with van der Waals surface area (Å²) in [6.07, 6.45) is 10.4. The van der Waals surface area contributed by atoms with Crippen molar-refractivity contribution >= 4 is 46.9 Å². The van der Waals surface area contributed by atoms with E-state index >= 15 is 0 Å². The van der Waals surface area contributed by atoms with Crippen LogP contribution in [0.5, 0.6) is 0 Å². The molecule has 9 nitrogen and oxygen atoms in total. The van der Waals surface area contributed by atoms with Gasteiger partial charge in [0.25, 0.3) is 5.91 Å². The van der Waals surface area contributed by atoms with E-state index in [1.807, 2.05) is 46.0 Å². The maximum atomic E-state index is 13.2. The van der Waals surface area contributed by atoms with Crippen molar-refractivity contribution in [3.05, 3.63) is 35.5 Å². The highest BCUT2D eigenvalue weighted by molar-refractivity contribution is 7.96. The molecule has 1 aromatic heterocycles. The number of amides is 2. The smallest absolute Gasteiger partial charge is 0.251 e. The van der Waals surface area contributed by atoms with Gasteiger partial charge in [0, 0.05) is 50.0 Å². The SMILES string of the molecule is CSN1CCC(NC(=O)c2ccc(Nc3ncc4c(n3)N(C3CCCC3)CC(C)(C)C(=O)N4C)c(C)c2)CC1. The van der Waals surface area contributed by atoms with Gasteiger partial charge in [0.2, 0.25) is 11.9 Å². The van der Waals surface area contributed by atoms with Crippen LogP contribution in [0.25, 0.3) is 0 Å². The van der Waals surface area contributed by atoms with Gasteiger partial charge >= 0.3 is 0 Å². The minimum atomic E-state index is -0.523. The Hall–Kier alpha value is -2.85. The van der Waals surface area contributed by atoms with E-state index in [0.717, 1.165) is 61.5 Å². The van der Waals surface area contributed by atoms with Crippen molar-refractivity contribution in [1.29, 1.82) is 0 Å². The Labute approximate surface area is 236 Å². The maximum Gasteiger partial charge on any atom is 0.251 e. The average molecular weight is 552 g/mol. The van der Waals surface area contributed by atoms with Crippen molar-refractivity contribution < 1.29 is 9.59 Å². The highest BCUT2D eigenvalue weighted by atomic mass is 32.2. The van der Waals surface area contributed by atoms with Crippen LogP contribution in [-0.4, -0.2) is 71.1 Å². The Balaban J connectivity index is 1.34. The number of aryl methyl sites for hydroxylation is 1. The molecule has 1 saturated carbocycles. The second-order valence-corrected chi connectivity index (χ2v) is 12.6. The molecule has 0 spiro atoms. The number of nitrogens with zero attached hydrogens (tertiary/aromatic N) is 5. The molecule has 2 aromatic rings. The fraction of sp³-hybridized carbons (Fsp3) is 0.586. The van der Waals surface area contributed by atoms with Crippen LogP contribution in [0.3, 0.4) is 0 Å². The first-order valence-electron chi connectivity index (χ1n) is 14.1. The number of anilines is 4. The summed E-state index contributed by atoms with van der Waals surface area (Å²) in [6.45, 7) is 8.63. The Kier molecular flexibility index (Phi) is 8.05. The third-order valence-electron chi connectivity index (χ3n) is 8.38. The molecule has 1 aliphatic carbocycles. The molecule has 0 atom stereocenters. The standard InChI is InChI=1S/C29H41N7O2S/c1-19-16-20(26(37)31-21-12-14-35(39-5)15-13-21)10-11-23(19)32-28-30-17-24-25(33-28)36(22-8-6-7-9-22)18-29(2,3)27(38)34(24)4/h10-11,16-17,21-22H,6-9,12-15,18H2,1-5H3,(H,31,37)(H,30,32,33). The molecule has 3 aliphatic rings. The number of fused-ring (bicyclic) bond motifs is 1. The van der Waals surface area contributed by atoms with Crippen LogP contribution in [-0.2, 0) is 4.79 Å². The van der Waals surface area contributed by atoms with Crippen LogP contribution in [0.4, 0.5) is 23.1 Å². The first kappa shape index (κ1) is 27.7. The number of rotatable bonds is 6. The summed E-state index contributed by atoms with van der Waals surface area (Å²) in [4.78, 5) is 39.8. The van der Waals surface area contributed by atoms with Crippen molar-refractivity contribution in [2.24, 2.45) is 5.41 Å². The summed E-state index contributed by atoms with van der Waals surface area (Å²) < 4.78 is 2.33. The second kappa shape index (κ2) is 11.3. The molecule has 2 fully saturated rings. The molecule has 1 aromatic carbocycles. The molecule has 0 bridgehead atoms. The van der Waals surface area contributed by atoms with Crippen LogP contribution >= 0.6 is 11.9 Å². The molecule has 2 aliphatic heterocycles. The minimum absolute atomic E-state index is 0.0314. The Bertz CT molecular complexity index is 1220. The molecule has 5 rings (SSSR count). The number of carbonyl (C=O) groups excluding carboxylic acids is 2. The molecule has 2 amide bonds. The fourth-order valence-electron chi connectivity index (χ4n) is 6.04. The van der Waals surface area contributed by atoms with E-state index in [-0.39, 0.29) is 17.9 Å². The van der Waals surface area contributed by atoms with Gasteiger partial charge in [0.1, 0.15) is 5.69 Å². The molecule has 0 radical (unpaired) electrons. The van der Waals surface area contributed by atoms with Gasteiger partial charge in [-0.2, -0.15) is 4.98 Å². The highest BCUT2D eigenvalue weighted by Crippen LogP contribution is 2.40. The monoisotopic (exact) mass is 551 g/mol. The second-order valence-electron chi connectivity index (χ2n) is 11.7. The molecule has 0 unspecified atom stereocenters. The molecular formula is C29H41N7O2S. The number of piperidine rings is 1. The maximum absolute atomic E-state index is 13.2. The van der Waals surface area contributed by atoms with Crippen LogP contribution in [0.1, 0.15) is 68.3 Å². The molecule has 3 heterocycles. The fourth-order valence-corrected chi connectivity index (χ4v) is 6.62. The van der Waals surface area contributed by atoms with E-state index in [2.05, 4.69) is 31.1 Å². The Morgan fingerprint density at radius 2 is 1.85 bits per heavy atom. The van der Waals surface area contributed by atoms with Gasteiger partial charge in [-0.3, -0.25) is 13.9 Å². The third-order valence-corrected chi connectivity index (χ3v) is 9.26. The quantitative estimate of drug-likeness (QED) is 0.497. The predicted molar refractivity (Wildman–Crippen MR) is 159 cm³/mol. The summed E-state index contributed by atoms with van der Waals surface area (Å²) >= 11 is 1.77. The van der Waals surface area contributed by atoms with E-state index in [1.165, 1.54) is 12.8 Å². The van der Waals surface area contributed by atoms with Gasteiger partial charge in [0.05, 0.1) is 11.6 Å². The predicted octanol–water partition coefficient (Wildman–Crippen LogP) is 4.75. The number of aromatic nitrogens is 2. The highest BCUT2D eigenvalue weighted by Gasteiger charge is 2.41. The van der Waals surface area contributed by atoms with Gasteiger partial charge < -0.3 is 20.4 Å². The topological polar surface area (TPSA) is 93.7 Å². The molecule has 1 saturated heterocycles. The number of hydrogen-bond donors (Lipinski definition) is 2. The van der Waals surface area contributed by atoms with Crippen LogP contribution < -0.4 is 20.4 Å². The minimum Gasteiger partial charge on any atom is -0.351 e. The van der Waals surface area contributed by atoms with E-state index in [0.29, 0.717) is 24.1 Å². The van der Waals surface area contributed by atoms with Gasteiger partial charge in [0.15, 0.2) is 5.82 Å². The summed E-state index contributed by atoms with van der Waals surface area (Å²) in [7, 11) is 1.82. The van der Waals surface area contributed by atoms with Crippen molar-refractivity contribution in [3.8, 4) is 0 Å². The van der Waals surface area contributed by atoms with Crippen molar-refractivity contribution in [2.75, 3.05) is 48.1 Å². The van der Waals surface area contributed by atoms with E-state index < -0.39 is 5.41 Å². The van der Waals surface area contributed by atoms with Crippen molar-refractivity contribution in [2.45, 2.75) is 71.4 Å². The molecule has 10 heteroatoms. The lowest BCUT2D eigenvalue weighted by atomic mass is 9.91. The van der Waals surface area contributed by atoms with Crippen molar-refractivity contribution in [3.63, 3.8) is 0 Å². The van der Waals surface area contributed by atoms with Crippen molar-refractivity contribution in [1.82, 2.24) is 19.6 Å². The number of benzene rings is 1. The summed E-state index contributed by atoms with van der Waals surface area (Å²) in [5.41, 5.74) is 2.67. The largest absolute Gasteiger partial charge is 0.351 e. The number of carbonyl (C=O) groups is 2. The first-order chi connectivity index (χ1) is 18.7. The zero-order valence-corrected chi connectivity index (χ0v) is 24.6. The van der Waals surface area contributed by atoms with Crippen LogP contribution in [0.2, 0.25) is 0 Å². The first-order valence-corrected chi connectivity index (χ1v) is 15.2. The van der Waals surface area contributed by atoms with E-state index in [9.17, 15) is 9.59 Å². The number of nitrogens with one attached hydrogen (secondary N) is 2. The third kappa shape index (κ3) is 5.87. The van der Waals surface area contributed by atoms with Gasteiger partial charge in [-0.15, -0.1) is 0 Å². The van der Waals surface area contributed by atoms with Crippen LogP contribution in [0, 0.1) is 12.3 Å². The lowest BCUT2D eigenvalue weighted by Gasteiger charge is -2.34. The van der Waals surface area contributed by atoms with E-state index in [4.69, 9.17) is 4.98 Å². The van der Waals surface area contributed by atoms with E-state index in [1.54, 1.807) is 23.0 Å². The normalized spacial score (nSPS) is 20.6. The lowest BCUT2D eigenvalue weighted by molar-refractivity contribution is -0.125. The average Bonchev–Trinajstić information content (AvgIpc) is 3.45. The Morgan fingerprint density at radius 1 is 1.13 bits per heavy atom. The van der Waals surface area contributed by atoms with Gasteiger partial charge in [-0.05, 0) is 76.5 Å². The number of hydrogen-bond acceptors (Lipinski definition) is 8. The molecular weight excluding hydrogens is 510 g/mol. The summed E-state index contributed by atoms with van der Waals surface area (Å²) in [5.74, 6) is 1.34. The zero-order valence-electron chi connectivity index (χ0n) is 23.8. The Morgan fingerprint density at radius 3 is 2.51 bits per heavy atom. The summed E-state index contributed by atoms with van der Waals surface area (Å²) in [5, 5.41) is 6.57. The molecule has 2 N–H and O–H groups in total. The lowest BCUT2D eigenvalue weighted by Crippen LogP contribution is -2.45.